The molecule has 2 rings (SSSR count). The Labute approximate surface area is 190 Å². The normalized spacial score (nSPS) is 12.2. The third-order valence-electron chi connectivity index (χ3n) is 4.58. The monoisotopic (exact) mass is 513 g/mol. The molecular formula is C21H25BrFN3O4S. The second kappa shape index (κ2) is 10.7. The zero-order valence-corrected chi connectivity index (χ0v) is 19.9. The maximum absolute atomic E-state index is 13.3. The summed E-state index contributed by atoms with van der Waals surface area (Å²) in [6.07, 6.45) is 0.968. The predicted molar refractivity (Wildman–Crippen MR) is 121 cm³/mol. The molecule has 0 spiro atoms. The summed E-state index contributed by atoms with van der Waals surface area (Å²) in [7, 11) is -3.84. The maximum Gasteiger partial charge on any atom is 0.244 e. The molecule has 2 amide bonds. The minimum Gasteiger partial charge on any atom is -0.355 e. The van der Waals surface area contributed by atoms with Crippen molar-refractivity contribution < 1.29 is 22.4 Å². The number of rotatable bonds is 9. The predicted octanol–water partition coefficient (Wildman–Crippen LogP) is 2.91. The minimum absolute atomic E-state index is 0.117. The standard InChI is InChI=1S/C21H25BrFN3O4S/c1-4-24-21(28)15(2)25(13-16-5-7-17(22)8-6-16)20(27)14-26(31(3,29)30)19-11-9-18(23)10-12-19/h5-12,15H,4,13-14H2,1-3H3,(H,24,28). The van der Waals surface area contributed by atoms with Crippen LogP contribution < -0.4 is 9.62 Å². The lowest BCUT2D eigenvalue weighted by Gasteiger charge is -2.31. The van der Waals surface area contributed by atoms with Crippen molar-refractivity contribution in [3.63, 3.8) is 0 Å². The summed E-state index contributed by atoms with van der Waals surface area (Å²) in [5.41, 5.74) is 0.937. The third-order valence-corrected chi connectivity index (χ3v) is 6.25. The number of hydrogen-bond acceptors (Lipinski definition) is 4. The highest BCUT2D eigenvalue weighted by atomic mass is 79.9. The highest BCUT2D eigenvalue weighted by Crippen LogP contribution is 2.20. The highest BCUT2D eigenvalue weighted by molar-refractivity contribution is 9.10. The van der Waals surface area contributed by atoms with Crippen LogP contribution in [0.3, 0.4) is 0 Å². The first kappa shape index (κ1) is 24.8. The number of hydrogen-bond donors (Lipinski definition) is 1. The fraction of sp³-hybridized carbons (Fsp3) is 0.333. The first-order valence-corrected chi connectivity index (χ1v) is 12.2. The van der Waals surface area contributed by atoms with Crippen LogP contribution in [0.2, 0.25) is 0 Å². The van der Waals surface area contributed by atoms with Crippen LogP contribution in [0.5, 0.6) is 0 Å². The molecule has 0 bridgehead atoms. The number of halogens is 2. The molecule has 1 N–H and O–H groups in total. The van der Waals surface area contributed by atoms with E-state index in [9.17, 15) is 22.4 Å². The molecule has 0 aromatic heterocycles. The van der Waals surface area contributed by atoms with Gasteiger partial charge in [-0.05, 0) is 55.8 Å². The second-order valence-electron chi connectivity index (χ2n) is 6.96. The number of nitrogens with zero attached hydrogens (tertiary/aromatic N) is 2. The summed E-state index contributed by atoms with van der Waals surface area (Å²) in [6, 6.07) is 11.2. The second-order valence-corrected chi connectivity index (χ2v) is 9.79. The molecule has 0 fully saturated rings. The average molecular weight is 514 g/mol. The molecule has 0 saturated carbocycles. The minimum atomic E-state index is -3.84. The van der Waals surface area contributed by atoms with Gasteiger partial charge >= 0.3 is 0 Å². The molecule has 31 heavy (non-hydrogen) atoms. The lowest BCUT2D eigenvalue weighted by molar-refractivity contribution is -0.139. The molecule has 1 atom stereocenters. The average Bonchev–Trinajstić information content (AvgIpc) is 2.71. The smallest absolute Gasteiger partial charge is 0.244 e. The highest BCUT2D eigenvalue weighted by Gasteiger charge is 2.29. The number of anilines is 1. The largest absolute Gasteiger partial charge is 0.355 e. The van der Waals surface area contributed by atoms with Gasteiger partial charge in [0.1, 0.15) is 18.4 Å². The van der Waals surface area contributed by atoms with E-state index in [1.54, 1.807) is 13.8 Å². The van der Waals surface area contributed by atoms with Crippen LogP contribution in [-0.2, 0) is 26.2 Å². The van der Waals surface area contributed by atoms with Gasteiger partial charge in [-0.25, -0.2) is 12.8 Å². The third kappa shape index (κ3) is 7.03. The van der Waals surface area contributed by atoms with Gasteiger partial charge in [0, 0.05) is 17.6 Å². The zero-order chi connectivity index (χ0) is 23.2. The van der Waals surface area contributed by atoms with E-state index in [2.05, 4.69) is 21.2 Å². The van der Waals surface area contributed by atoms with Gasteiger partial charge in [0.05, 0.1) is 11.9 Å². The molecule has 0 heterocycles. The van der Waals surface area contributed by atoms with Gasteiger partial charge in [-0.3, -0.25) is 13.9 Å². The van der Waals surface area contributed by atoms with E-state index in [0.29, 0.717) is 6.54 Å². The van der Waals surface area contributed by atoms with E-state index in [1.807, 2.05) is 24.3 Å². The number of sulfonamides is 1. The Hall–Kier alpha value is -2.46. The van der Waals surface area contributed by atoms with Gasteiger partial charge in [-0.1, -0.05) is 28.1 Å². The van der Waals surface area contributed by atoms with Crippen molar-refractivity contribution in [3.05, 3.63) is 64.4 Å². The van der Waals surface area contributed by atoms with Crippen molar-refractivity contribution >= 4 is 43.5 Å². The van der Waals surface area contributed by atoms with E-state index in [0.717, 1.165) is 32.7 Å². The maximum atomic E-state index is 13.3. The molecule has 2 aromatic carbocycles. The Balaban J connectivity index is 2.35. The molecule has 168 valence electrons. The molecule has 0 radical (unpaired) electrons. The Morgan fingerprint density at radius 1 is 1.10 bits per heavy atom. The SMILES string of the molecule is CCNC(=O)C(C)N(Cc1ccc(Br)cc1)C(=O)CN(c1ccc(F)cc1)S(C)(=O)=O. The molecule has 0 aliphatic heterocycles. The van der Waals surface area contributed by atoms with Gasteiger partial charge in [0.2, 0.25) is 21.8 Å². The van der Waals surface area contributed by atoms with Crippen LogP contribution in [0, 0.1) is 5.82 Å². The number of benzene rings is 2. The Morgan fingerprint density at radius 2 is 1.68 bits per heavy atom. The van der Waals surface area contributed by atoms with Crippen molar-refractivity contribution in [1.29, 1.82) is 0 Å². The van der Waals surface area contributed by atoms with Crippen LogP contribution in [0.4, 0.5) is 10.1 Å². The lowest BCUT2D eigenvalue weighted by atomic mass is 10.1. The Bertz CT molecular complexity index is 1010. The summed E-state index contributed by atoms with van der Waals surface area (Å²) in [6.45, 7) is 3.35. The van der Waals surface area contributed by atoms with E-state index < -0.39 is 34.3 Å². The number of carbonyl (C=O) groups is 2. The van der Waals surface area contributed by atoms with Crippen LogP contribution in [-0.4, -0.2) is 50.5 Å². The van der Waals surface area contributed by atoms with Crippen LogP contribution >= 0.6 is 15.9 Å². The van der Waals surface area contributed by atoms with E-state index in [-0.39, 0.29) is 18.1 Å². The van der Waals surface area contributed by atoms with Crippen molar-refractivity contribution in [2.45, 2.75) is 26.4 Å². The van der Waals surface area contributed by atoms with Crippen molar-refractivity contribution in [1.82, 2.24) is 10.2 Å². The summed E-state index contributed by atoms with van der Waals surface area (Å²) in [5.74, 6) is -1.43. The van der Waals surface area contributed by atoms with Gasteiger partial charge in [0.15, 0.2) is 0 Å². The molecule has 0 aliphatic carbocycles. The fourth-order valence-corrected chi connectivity index (χ4v) is 4.03. The zero-order valence-electron chi connectivity index (χ0n) is 17.5. The van der Waals surface area contributed by atoms with Gasteiger partial charge < -0.3 is 10.2 Å². The van der Waals surface area contributed by atoms with Crippen LogP contribution in [0.1, 0.15) is 19.4 Å². The van der Waals surface area contributed by atoms with Crippen molar-refractivity contribution in [3.8, 4) is 0 Å². The number of amides is 2. The molecular weight excluding hydrogens is 489 g/mol. The fourth-order valence-electron chi connectivity index (χ4n) is 2.91. The molecule has 2 aromatic rings. The Morgan fingerprint density at radius 3 is 2.19 bits per heavy atom. The van der Waals surface area contributed by atoms with Gasteiger partial charge in [-0.15, -0.1) is 0 Å². The van der Waals surface area contributed by atoms with Gasteiger partial charge in [-0.2, -0.15) is 0 Å². The number of likely N-dealkylation sites (N-methyl/N-ethyl adjacent to an activating group) is 1. The van der Waals surface area contributed by atoms with Crippen molar-refractivity contribution in [2.75, 3.05) is 23.7 Å². The first-order valence-electron chi connectivity index (χ1n) is 9.57. The molecule has 1 unspecified atom stereocenters. The van der Waals surface area contributed by atoms with Crippen LogP contribution in [0.15, 0.2) is 53.0 Å². The summed E-state index contributed by atoms with van der Waals surface area (Å²) in [5, 5.41) is 2.68. The molecule has 10 heteroatoms. The van der Waals surface area contributed by atoms with Crippen LogP contribution in [0.25, 0.3) is 0 Å². The van der Waals surface area contributed by atoms with E-state index in [1.165, 1.54) is 17.0 Å². The molecule has 0 saturated heterocycles. The lowest BCUT2D eigenvalue weighted by Crippen LogP contribution is -2.51. The van der Waals surface area contributed by atoms with Gasteiger partial charge in [0.25, 0.3) is 0 Å². The summed E-state index contributed by atoms with van der Waals surface area (Å²) < 4.78 is 39.8. The first-order chi connectivity index (χ1) is 14.5. The summed E-state index contributed by atoms with van der Waals surface area (Å²) in [4.78, 5) is 27.0. The number of carbonyl (C=O) groups excluding carboxylic acids is 2. The topological polar surface area (TPSA) is 86.8 Å². The molecule has 7 nitrogen and oxygen atoms in total. The van der Waals surface area contributed by atoms with E-state index in [4.69, 9.17) is 0 Å². The quantitative estimate of drug-likeness (QED) is 0.558. The summed E-state index contributed by atoms with van der Waals surface area (Å²) >= 11 is 3.35. The molecule has 0 aliphatic rings. The van der Waals surface area contributed by atoms with Crippen molar-refractivity contribution in [2.24, 2.45) is 0 Å². The number of nitrogens with one attached hydrogen (secondary N) is 1. The Kier molecular flexibility index (Phi) is 8.58. The van der Waals surface area contributed by atoms with E-state index >= 15 is 0 Å².